The summed E-state index contributed by atoms with van der Waals surface area (Å²) in [5.41, 5.74) is 1.46. The predicted octanol–water partition coefficient (Wildman–Crippen LogP) is 4.76. The van der Waals surface area contributed by atoms with E-state index in [9.17, 15) is 4.79 Å². The molecule has 0 aliphatic rings. The second kappa shape index (κ2) is 7.29. The number of amides is 1. The van der Waals surface area contributed by atoms with Crippen LogP contribution in [0.4, 0.5) is 5.69 Å². The first-order valence-electron chi connectivity index (χ1n) is 6.16. The summed E-state index contributed by atoms with van der Waals surface area (Å²) >= 11 is 9.26. The highest BCUT2D eigenvalue weighted by Crippen LogP contribution is 2.24. The van der Waals surface area contributed by atoms with Crippen LogP contribution in [-0.4, -0.2) is 13.0 Å². The molecule has 2 rings (SSSR count). The van der Waals surface area contributed by atoms with Crippen LogP contribution in [0.1, 0.15) is 5.56 Å². The van der Waals surface area contributed by atoms with Crippen molar-refractivity contribution < 1.29 is 9.53 Å². The Morgan fingerprint density at radius 1 is 1.29 bits per heavy atom. The Balaban J connectivity index is 2.10. The van der Waals surface area contributed by atoms with E-state index in [4.69, 9.17) is 16.3 Å². The number of carbonyl (C=O) groups is 1. The van der Waals surface area contributed by atoms with Gasteiger partial charge in [0.05, 0.1) is 7.11 Å². The standard InChI is InChI=1S/C16H13BrClNO2/c1-21-15-7-6-12(17)9-11(15)5-8-16(20)19-14-4-2-3-13(18)10-14/h2-10H,1H3,(H,19,20)/b8-5+. The van der Waals surface area contributed by atoms with E-state index in [1.165, 1.54) is 6.08 Å². The lowest BCUT2D eigenvalue weighted by molar-refractivity contribution is -0.111. The number of carbonyl (C=O) groups excluding carboxylic acids is 1. The molecule has 0 radical (unpaired) electrons. The molecule has 2 aromatic carbocycles. The van der Waals surface area contributed by atoms with Gasteiger partial charge in [0, 0.05) is 26.8 Å². The summed E-state index contributed by atoms with van der Waals surface area (Å²) in [6, 6.07) is 12.6. The van der Waals surface area contributed by atoms with Crippen LogP contribution in [0.5, 0.6) is 5.75 Å². The average Bonchev–Trinajstić information content (AvgIpc) is 2.45. The van der Waals surface area contributed by atoms with Crippen LogP contribution in [0.2, 0.25) is 5.02 Å². The second-order valence-corrected chi connectivity index (χ2v) is 5.57. The van der Waals surface area contributed by atoms with Crippen molar-refractivity contribution in [3.8, 4) is 5.75 Å². The van der Waals surface area contributed by atoms with Crippen LogP contribution in [0.25, 0.3) is 6.08 Å². The Morgan fingerprint density at radius 2 is 2.10 bits per heavy atom. The lowest BCUT2D eigenvalue weighted by atomic mass is 10.2. The number of ether oxygens (including phenoxy) is 1. The van der Waals surface area contributed by atoms with Crippen LogP contribution < -0.4 is 10.1 Å². The Bertz CT molecular complexity index is 686. The number of nitrogens with one attached hydrogen (secondary N) is 1. The van der Waals surface area contributed by atoms with Gasteiger partial charge in [-0.3, -0.25) is 4.79 Å². The van der Waals surface area contributed by atoms with Crippen molar-refractivity contribution >= 4 is 45.2 Å². The van der Waals surface area contributed by atoms with Gasteiger partial charge in [0.15, 0.2) is 0 Å². The zero-order valence-corrected chi connectivity index (χ0v) is 13.6. The van der Waals surface area contributed by atoms with Crippen molar-refractivity contribution in [1.82, 2.24) is 0 Å². The molecule has 0 atom stereocenters. The predicted molar refractivity (Wildman–Crippen MR) is 89.8 cm³/mol. The number of hydrogen-bond acceptors (Lipinski definition) is 2. The number of hydrogen-bond donors (Lipinski definition) is 1. The lowest BCUT2D eigenvalue weighted by Crippen LogP contribution is -2.07. The first kappa shape index (κ1) is 15.6. The molecular formula is C16H13BrClNO2. The molecular weight excluding hydrogens is 354 g/mol. The smallest absolute Gasteiger partial charge is 0.248 e. The van der Waals surface area contributed by atoms with Gasteiger partial charge in [-0.2, -0.15) is 0 Å². The van der Waals surface area contributed by atoms with Crippen LogP contribution in [0.15, 0.2) is 53.0 Å². The highest BCUT2D eigenvalue weighted by molar-refractivity contribution is 9.10. The molecule has 0 saturated heterocycles. The van der Waals surface area contributed by atoms with Crippen LogP contribution in [0, 0.1) is 0 Å². The van der Waals surface area contributed by atoms with Crippen molar-refractivity contribution in [3.05, 3.63) is 63.6 Å². The van der Waals surface area contributed by atoms with Gasteiger partial charge in [0.2, 0.25) is 5.91 Å². The van der Waals surface area contributed by atoms with Gasteiger partial charge in [-0.05, 0) is 42.5 Å². The maximum absolute atomic E-state index is 11.9. The third-order valence-corrected chi connectivity index (χ3v) is 3.43. The topological polar surface area (TPSA) is 38.3 Å². The molecule has 0 aromatic heterocycles. The molecule has 2 aromatic rings. The lowest BCUT2D eigenvalue weighted by Gasteiger charge is -2.05. The number of anilines is 1. The maximum atomic E-state index is 11.9. The van der Waals surface area contributed by atoms with Gasteiger partial charge in [-0.15, -0.1) is 0 Å². The second-order valence-electron chi connectivity index (χ2n) is 4.22. The summed E-state index contributed by atoms with van der Waals surface area (Å²) in [5, 5.41) is 3.32. The van der Waals surface area contributed by atoms with Gasteiger partial charge in [0.1, 0.15) is 5.75 Å². The van der Waals surface area contributed by atoms with Gasteiger partial charge in [0.25, 0.3) is 0 Å². The van der Waals surface area contributed by atoms with E-state index in [0.29, 0.717) is 16.5 Å². The van der Waals surface area contributed by atoms with E-state index in [-0.39, 0.29) is 5.91 Å². The van der Waals surface area contributed by atoms with Crippen LogP contribution >= 0.6 is 27.5 Å². The summed E-state index contributed by atoms with van der Waals surface area (Å²) in [7, 11) is 1.59. The monoisotopic (exact) mass is 365 g/mol. The van der Waals surface area contributed by atoms with Gasteiger partial charge < -0.3 is 10.1 Å². The molecule has 3 nitrogen and oxygen atoms in total. The fraction of sp³-hybridized carbons (Fsp3) is 0.0625. The van der Waals surface area contributed by atoms with E-state index in [2.05, 4.69) is 21.2 Å². The van der Waals surface area contributed by atoms with E-state index in [0.717, 1.165) is 10.0 Å². The fourth-order valence-corrected chi connectivity index (χ4v) is 2.32. The molecule has 0 heterocycles. The molecule has 0 aliphatic heterocycles. The van der Waals surface area contributed by atoms with Crippen molar-refractivity contribution in [3.63, 3.8) is 0 Å². The Labute approximate surface area is 136 Å². The van der Waals surface area contributed by atoms with Crippen LogP contribution in [-0.2, 0) is 4.79 Å². The molecule has 0 bridgehead atoms. The van der Waals surface area contributed by atoms with E-state index >= 15 is 0 Å². The first-order chi connectivity index (χ1) is 10.1. The third-order valence-electron chi connectivity index (χ3n) is 2.70. The van der Waals surface area contributed by atoms with Crippen molar-refractivity contribution in [1.29, 1.82) is 0 Å². The number of methoxy groups -OCH3 is 1. The molecule has 5 heteroatoms. The van der Waals surface area contributed by atoms with Gasteiger partial charge in [-0.25, -0.2) is 0 Å². The SMILES string of the molecule is COc1ccc(Br)cc1/C=C/C(=O)Nc1cccc(Cl)c1. The van der Waals surface area contributed by atoms with Gasteiger partial charge >= 0.3 is 0 Å². The zero-order valence-electron chi connectivity index (χ0n) is 11.3. The average molecular weight is 367 g/mol. The van der Waals surface area contributed by atoms with Crippen LogP contribution in [0.3, 0.4) is 0 Å². The Hall–Kier alpha value is -1.78. The molecule has 0 spiro atoms. The van der Waals surface area contributed by atoms with E-state index in [1.54, 1.807) is 37.5 Å². The minimum atomic E-state index is -0.237. The molecule has 0 fully saturated rings. The number of benzene rings is 2. The molecule has 0 saturated carbocycles. The molecule has 0 unspecified atom stereocenters. The molecule has 1 N–H and O–H groups in total. The highest BCUT2D eigenvalue weighted by Gasteiger charge is 2.02. The molecule has 108 valence electrons. The first-order valence-corrected chi connectivity index (χ1v) is 7.34. The largest absolute Gasteiger partial charge is 0.496 e. The molecule has 21 heavy (non-hydrogen) atoms. The normalized spacial score (nSPS) is 10.6. The maximum Gasteiger partial charge on any atom is 0.248 e. The summed E-state index contributed by atoms with van der Waals surface area (Å²) in [5.74, 6) is 0.462. The fourth-order valence-electron chi connectivity index (χ4n) is 1.75. The Morgan fingerprint density at radius 3 is 2.81 bits per heavy atom. The third kappa shape index (κ3) is 4.62. The quantitative estimate of drug-likeness (QED) is 0.792. The van der Waals surface area contributed by atoms with Gasteiger partial charge in [-0.1, -0.05) is 33.6 Å². The van der Waals surface area contributed by atoms with Crippen molar-refractivity contribution in [2.75, 3.05) is 12.4 Å². The number of halogens is 2. The highest BCUT2D eigenvalue weighted by atomic mass is 79.9. The zero-order chi connectivity index (χ0) is 15.2. The summed E-state index contributed by atoms with van der Waals surface area (Å²) in [4.78, 5) is 11.9. The minimum Gasteiger partial charge on any atom is -0.496 e. The minimum absolute atomic E-state index is 0.237. The van der Waals surface area contributed by atoms with E-state index in [1.807, 2.05) is 18.2 Å². The van der Waals surface area contributed by atoms with Crippen molar-refractivity contribution in [2.45, 2.75) is 0 Å². The van der Waals surface area contributed by atoms with E-state index < -0.39 is 0 Å². The molecule has 1 amide bonds. The summed E-state index contributed by atoms with van der Waals surface area (Å²) < 4.78 is 6.16. The molecule has 0 aliphatic carbocycles. The number of rotatable bonds is 4. The summed E-state index contributed by atoms with van der Waals surface area (Å²) in [6.07, 6.45) is 3.15. The summed E-state index contributed by atoms with van der Waals surface area (Å²) in [6.45, 7) is 0. The van der Waals surface area contributed by atoms with Crippen molar-refractivity contribution in [2.24, 2.45) is 0 Å². The Kier molecular flexibility index (Phi) is 5.42.